The predicted octanol–water partition coefficient (Wildman–Crippen LogP) is 0.359. The molecule has 1 rings (SSSR count). The Morgan fingerprint density at radius 3 is 2.94 bits per heavy atom. The van der Waals surface area contributed by atoms with E-state index in [4.69, 9.17) is 5.73 Å². The molecule has 0 aromatic carbocycles. The maximum Gasteiger partial charge on any atom is 0.224 e. The second kappa shape index (κ2) is 6.20. The molecule has 0 fully saturated rings. The van der Waals surface area contributed by atoms with Gasteiger partial charge in [-0.15, -0.1) is 0 Å². The molecule has 1 amide bonds. The lowest BCUT2D eigenvalue weighted by Crippen LogP contribution is -2.34. The second-order valence-corrected chi connectivity index (χ2v) is 4.11. The molecule has 1 unspecified atom stereocenters. The molecule has 5 heteroatoms. The Morgan fingerprint density at radius 1 is 1.65 bits per heavy atom. The first kappa shape index (κ1) is 13.4. The third-order valence-corrected chi connectivity index (χ3v) is 2.69. The lowest BCUT2D eigenvalue weighted by Gasteiger charge is -2.22. The van der Waals surface area contributed by atoms with E-state index < -0.39 is 0 Å². The standard InChI is InChI=1S/C12H20N4O/c1-9(12(17)14-2)8-16(3)11-4-5-15-10(6-11)7-13/h4-6,9H,7-8,13H2,1-3H3,(H,14,17). The zero-order chi connectivity index (χ0) is 12.8. The van der Waals surface area contributed by atoms with Gasteiger partial charge >= 0.3 is 0 Å². The summed E-state index contributed by atoms with van der Waals surface area (Å²) in [6, 6.07) is 3.85. The Labute approximate surface area is 102 Å². The smallest absolute Gasteiger partial charge is 0.224 e. The first-order valence-electron chi connectivity index (χ1n) is 5.66. The molecule has 0 saturated heterocycles. The van der Waals surface area contributed by atoms with Crippen molar-refractivity contribution >= 4 is 11.6 Å². The number of pyridine rings is 1. The molecular formula is C12H20N4O. The molecule has 0 aliphatic heterocycles. The van der Waals surface area contributed by atoms with Gasteiger partial charge in [0.05, 0.1) is 11.6 Å². The number of carbonyl (C=O) groups excluding carboxylic acids is 1. The zero-order valence-electron chi connectivity index (χ0n) is 10.6. The molecule has 1 heterocycles. The predicted molar refractivity (Wildman–Crippen MR) is 68.6 cm³/mol. The minimum absolute atomic E-state index is 0.0463. The van der Waals surface area contributed by atoms with Gasteiger partial charge in [0.25, 0.3) is 0 Å². The highest BCUT2D eigenvalue weighted by Crippen LogP contribution is 2.14. The van der Waals surface area contributed by atoms with Crippen molar-refractivity contribution < 1.29 is 4.79 Å². The number of anilines is 1. The van der Waals surface area contributed by atoms with Gasteiger partial charge < -0.3 is 16.0 Å². The molecule has 17 heavy (non-hydrogen) atoms. The van der Waals surface area contributed by atoms with Gasteiger partial charge in [0.15, 0.2) is 0 Å². The highest BCUT2D eigenvalue weighted by atomic mass is 16.1. The lowest BCUT2D eigenvalue weighted by molar-refractivity contribution is -0.123. The van der Waals surface area contributed by atoms with E-state index in [0.29, 0.717) is 13.1 Å². The first-order chi connectivity index (χ1) is 8.08. The maximum absolute atomic E-state index is 11.4. The molecule has 5 nitrogen and oxygen atoms in total. The van der Waals surface area contributed by atoms with Crippen molar-refractivity contribution in [2.75, 3.05) is 25.5 Å². The summed E-state index contributed by atoms with van der Waals surface area (Å²) in [5.74, 6) is -0.00977. The van der Waals surface area contributed by atoms with Gasteiger partial charge in [0, 0.05) is 39.1 Å². The number of rotatable bonds is 5. The Kier molecular flexibility index (Phi) is 4.90. The van der Waals surface area contributed by atoms with Crippen molar-refractivity contribution in [3.8, 4) is 0 Å². The van der Waals surface area contributed by atoms with Crippen LogP contribution in [0.1, 0.15) is 12.6 Å². The van der Waals surface area contributed by atoms with Gasteiger partial charge in [-0.05, 0) is 12.1 Å². The molecule has 0 spiro atoms. The van der Waals surface area contributed by atoms with E-state index in [-0.39, 0.29) is 11.8 Å². The van der Waals surface area contributed by atoms with Crippen LogP contribution in [0, 0.1) is 5.92 Å². The van der Waals surface area contributed by atoms with Crippen LogP contribution in [0.5, 0.6) is 0 Å². The average Bonchev–Trinajstić information content (AvgIpc) is 2.37. The summed E-state index contributed by atoms with van der Waals surface area (Å²) in [5, 5.41) is 2.65. The van der Waals surface area contributed by atoms with E-state index in [9.17, 15) is 4.79 Å². The van der Waals surface area contributed by atoms with Crippen molar-refractivity contribution in [1.29, 1.82) is 0 Å². The highest BCUT2D eigenvalue weighted by molar-refractivity contribution is 5.78. The summed E-state index contributed by atoms with van der Waals surface area (Å²) >= 11 is 0. The van der Waals surface area contributed by atoms with Crippen LogP contribution in [0.2, 0.25) is 0 Å². The lowest BCUT2D eigenvalue weighted by atomic mass is 10.1. The summed E-state index contributed by atoms with van der Waals surface area (Å²) < 4.78 is 0. The molecule has 1 aromatic rings. The van der Waals surface area contributed by atoms with Crippen LogP contribution in [-0.2, 0) is 11.3 Å². The number of nitrogens with two attached hydrogens (primary N) is 1. The number of hydrogen-bond donors (Lipinski definition) is 2. The van der Waals surface area contributed by atoms with E-state index in [1.165, 1.54) is 0 Å². The molecule has 1 atom stereocenters. The van der Waals surface area contributed by atoms with Crippen molar-refractivity contribution in [2.45, 2.75) is 13.5 Å². The van der Waals surface area contributed by atoms with E-state index in [0.717, 1.165) is 11.4 Å². The summed E-state index contributed by atoms with van der Waals surface area (Å²) in [6.07, 6.45) is 1.73. The summed E-state index contributed by atoms with van der Waals surface area (Å²) in [4.78, 5) is 17.6. The Balaban J connectivity index is 2.68. The normalized spacial score (nSPS) is 12.0. The molecule has 94 valence electrons. The number of aromatic nitrogens is 1. The molecule has 0 aliphatic carbocycles. The van der Waals surface area contributed by atoms with Crippen molar-refractivity contribution in [3.05, 3.63) is 24.0 Å². The van der Waals surface area contributed by atoms with E-state index >= 15 is 0 Å². The van der Waals surface area contributed by atoms with E-state index in [1.807, 2.05) is 31.0 Å². The third kappa shape index (κ3) is 3.71. The van der Waals surface area contributed by atoms with Crippen LogP contribution in [0.15, 0.2) is 18.3 Å². The van der Waals surface area contributed by atoms with E-state index in [2.05, 4.69) is 10.3 Å². The van der Waals surface area contributed by atoms with Crippen LogP contribution in [0.4, 0.5) is 5.69 Å². The highest BCUT2D eigenvalue weighted by Gasteiger charge is 2.14. The Bertz CT molecular complexity index is 381. The van der Waals surface area contributed by atoms with Crippen molar-refractivity contribution in [3.63, 3.8) is 0 Å². The van der Waals surface area contributed by atoms with Gasteiger partial charge in [0.1, 0.15) is 0 Å². The number of carbonyl (C=O) groups is 1. The van der Waals surface area contributed by atoms with Crippen LogP contribution in [0.3, 0.4) is 0 Å². The number of amides is 1. The minimum atomic E-state index is -0.0560. The van der Waals surface area contributed by atoms with Crippen LogP contribution in [-0.4, -0.2) is 31.5 Å². The van der Waals surface area contributed by atoms with Gasteiger partial charge in [-0.1, -0.05) is 6.92 Å². The number of nitrogens with zero attached hydrogens (tertiary/aromatic N) is 2. The van der Waals surface area contributed by atoms with Crippen LogP contribution >= 0.6 is 0 Å². The SMILES string of the molecule is CNC(=O)C(C)CN(C)c1ccnc(CN)c1. The minimum Gasteiger partial charge on any atom is -0.374 e. The summed E-state index contributed by atoms with van der Waals surface area (Å²) in [5.41, 5.74) is 7.42. The molecular weight excluding hydrogens is 216 g/mol. The fourth-order valence-corrected chi connectivity index (χ4v) is 1.66. The topological polar surface area (TPSA) is 71.2 Å². The molecule has 0 radical (unpaired) electrons. The Hall–Kier alpha value is -1.62. The average molecular weight is 236 g/mol. The van der Waals surface area contributed by atoms with Crippen LogP contribution < -0.4 is 16.0 Å². The van der Waals surface area contributed by atoms with Gasteiger partial charge in [-0.2, -0.15) is 0 Å². The maximum atomic E-state index is 11.4. The van der Waals surface area contributed by atoms with Gasteiger partial charge in [0.2, 0.25) is 5.91 Å². The Morgan fingerprint density at radius 2 is 2.35 bits per heavy atom. The molecule has 0 aliphatic rings. The van der Waals surface area contributed by atoms with Crippen LogP contribution in [0.25, 0.3) is 0 Å². The third-order valence-electron chi connectivity index (χ3n) is 2.69. The first-order valence-corrected chi connectivity index (χ1v) is 5.66. The van der Waals surface area contributed by atoms with Gasteiger partial charge in [-0.25, -0.2) is 0 Å². The van der Waals surface area contributed by atoms with E-state index in [1.54, 1.807) is 13.2 Å². The molecule has 1 aromatic heterocycles. The fourth-order valence-electron chi connectivity index (χ4n) is 1.66. The largest absolute Gasteiger partial charge is 0.374 e. The molecule has 0 bridgehead atoms. The second-order valence-electron chi connectivity index (χ2n) is 4.11. The van der Waals surface area contributed by atoms with Crippen molar-refractivity contribution in [1.82, 2.24) is 10.3 Å². The fraction of sp³-hybridized carbons (Fsp3) is 0.500. The summed E-state index contributed by atoms with van der Waals surface area (Å²) in [7, 11) is 3.60. The summed E-state index contributed by atoms with van der Waals surface area (Å²) in [6.45, 7) is 2.99. The monoisotopic (exact) mass is 236 g/mol. The van der Waals surface area contributed by atoms with Crippen molar-refractivity contribution in [2.24, 2.45) is 11.7 Å². The number of hydrogen-bond acceptors (Lipinski definition) is 4. The molecule has 0 saturated carbocycles. The van der Waals surface area contributed by atoms with Gasteiger partial charge in [-0.3, -0.25) is 9.78 Å². The number of nitrogens with one attached hydrogen (secondary N) is 1. The zero-order valence-corrected chi connectivity index (χ0v) is 10.6. The quantitative estimate of drug-likeness (QED) is 0.774. The molecule has 3 N–H and O–H groups in total.